The summed E-state index contributed by atoms with van der Waals surface area (Å²) >= 11 is 0. The van der Waals surface area contributed by atoms with Crippen LogP contribution in [0.3, 0.4) is 0 Å². The van der Waals surface area contributed by atoms with E-state index in [2.05, 4.69) is 15.9 Å². The molecule has 2 fully saturated rings. The Morgan fingerprint density at radius 2 is 1.74 bits per heavy atom. The SMILES string of the molecule is COc1ccc(C#N)cc1N1CCC(N2CCC(Cc3cc(F)ccc3F)CC2)CC1. The molecule has 0 atom stereocenters. The summed E-state index contributed by atoms with van der Waals surface area (Å²) in [6, 6.07) is 12.1. The van der Waals surface area contributed by atoms with Gasteiger partial charge in [-0.1, -0.05) is 0 Å². The molecule has 0 spiro atoms. The minimum atomic E-state index is -0.363. The van der Waals surface area contributed by atoms with Crippen LogP contribution in [0, 0.1) is 28.9 Å². The average Bonchev–Trinajstić information content (AvgIpc) is 2.81. The van der Waals surface area contributed by atoms with Crippen molar-refractivity contribution < 1.29 is 13.5 Å². The largest absolute Gasteiger partial charge is 0.495 e. The van der Waals surface area contributed by atoms with Crippen molar-refractivity contribution in [3.63, 3.8) is 0 Å². The molecular formula is C25H29F2N3O. The molecule has 2 aliphatic heterocycles. The van der Waals surface area contributed by atoms with Crippen molar-refractivity contribution in [3.8, 4) is 11.8 Å². The number of halogens is 2. The predicted octanol–water partition coefficient (Wildman–Crippen LogP) is 4.77. The molecule has 31 heavy (non-hydrogen) atoms. The third-order valence-electron chi connectivity index (χ3n) is 6.79. The van der Waals surface area contributed by atoms with Gasteiger partial charge in [-0.05, 0) is 93.1 Å². The van der Waals surface area contributed by atoms with Gasteiger partial charge in [-0.2, -0.15) is 5.26 Å². The van der Waals surface area contributed by atoms with Crippen molar-refractivity contribution in [2.24, 2.45) is 5.92 Å². The van der Waals surface area contributed by atoms with Crippen LogP contribution in [0.5, 0.6) is 5.75 Å². The second-order valence-electron chi connectivity index (χ2n) is 8.64. The van der Waals surface area contributed by atoms with Gasteiger partial charge in [0.05, 0.1) is 24.4 Å². The van der Waals surface area contributed by atoms with Crippen molar-refractivity contribution in [2.75, 3.05) is 38.2 Å². The Bertz CT molecular complexity index is 942. The normalized spacial score (nSPS) is 18.7. The smallest absolute Gasteiger partial charge is 0.142 e. The van der Waals surface area contributed by atoms with Crippen molar-refractivity contribution in [3.05, 3.63) is 59.2 Å². The molecule has 2 heterocycles. The van der Waals surface area contributed by atoms with Crippen LogP contribution in [0.15, 0.2) is 36.4 Å². The molecule has 2 aromatic carbocycles. The maximum atomic E-state index is 14.0. The maximum Gasteiger partial charge on any atom is 0.142 e. The van der Waals surface area contributed by atoms with Crippen LogP contribution in [0.2, 0.25) is 0 Å². The Morgan fingerprint density at radius 1 is 1.00 bits per heavy atom. The van der Waals surface area contributed by atoms with Gasteiger partial charge in [-0.15, -0.1) is 0 Å². The maximum absolute atomic E-state index is 14.0. The summed E-state index contributed by atoms with van der Waals surface area (Å²) in [7, 11) is 1.66. The molecule has 4 rings (SSSR count). The van der Waals surface area contributed by atoms with Gasteiger partial charge in [-0.25, -0.2) is 8.78 Å². The number of likely N-dealkylation sites (tertiary alicyclic amines) is 1. The lowest BCUT2D eigenvalue weighted by Crippen LogP contribution is -2.48. The van der Waals surface area contributed by atoms with Gasteiger partial charge < -0.3 is 14.5 Å². The van der Waals surface area contributed by atoms with Crippen LogP contribution in [0.25, 0.3) is 0 Å². The van der Waals surface area contributed by atoms with E-state index in [4.69, 9.17) is 4.74 Å². The van der Waals surface area contributed by atoms with E-state index < -0.39 is 0 Å². The molecule has 2 saturated heterocycles. The molecule has 0 amide bonds. The summed E-state index contributed by atoms with van der Waals surface area (Å²) in [5.74, 6) is 0.554. The second-order valence-corrected chi connectivity index (χ2v) is 8.64. The highest BCUT2D eigenvalue weighted by Crippen LogP contribution is 2.33. The second kappa shape index (κ2) is 9.65. The highest BCUT2D eigenvalue weighted by atomic mass is 19.1. The summed E-state index contributed by atoms with van der Waals surface area (Å²) in [5, 5.41) is 9.22. The van der Waals surface area contributed by atoms with Crippen LogP contribution < -0.4 is 9.64 Å². The van der Waals surface area contributed by atoms with Crippen molar-refractivity contribution in [1.82, 2.24) is 4.90 Å². The lowest BCUT2D eigenvalue weighted by molar-refractivity contribution is 0.115. The zero-order chi connectivity index (χ0) is 21.8. The highest BCUT2D eigenvalue weighted by Gasteiger charge is 2.29. The molecule has 0 aromatic heterocycles. The molecule has 0 saturated carbocycles. The van der Waals surface area contributed by atoms with E-state index in [1.165, 1.54) is 18.2 Å². The number of nitriles is 1. The number of hydrogen-bond acceptors (Lipinski definition) is 4. The molecule has 6 heteroatoms. The van der Waals surface area contributed by atoms with E-state index in [9.17, 15) is 14.0 Å². The van der Waals surface area contributed by atoms with Gasteiger partial charge in [0.2, 0.25) is 0 Å². The molecular weight excluding hydrogens is 396 g/mol. The van der Waals surface area contributed by atoms with Gasteiger partial charge in [0, 0.05) is 19.1 Å². The highest BCUT2D eigenvalue weighted by molar-refractivity contribution is 5.62. The first-order valence-corrected chi connectivity index (χ1v) is 11.1. The molecule has 2 aromatic rings. The summed E-state index contributed by atoms with van der Waals surface area (Å²) in [6.07, 6.45) is 4.81. The first-order chi connectivity index (χ1) is 15.1. The van der Waals surface area contributed by atoms with Crippen LogP contribution in [-0.4, -0.2) is 44.2 Å². The Hall–Kier alpha value is -2.65. The van der Waals surface area contributed by atoms with E-state index in [1.54, 1.807) is 13.2 Å². The number of hydrogen-bond donors (Lipinski definition) is 0. The number of rotatable bonds is 5. The first kappa shape index (κ1) is 21.6. The summed E-state index contributed by atoms with van der Waals surface area (Å²) < 4.78 is 32.9. The quantitative estimate of drug-likeness (QED) is 0.692. The van der Waals surface area contributed by atoms with E-state index in [-0.39, 0.29) is 11.6 Å². The van der Waals surface area contributed by atoms with Crippen LogP contribution in [0.1, 0.15) is 36.8 Å². The standard InChI is InChI=1S/C25H29F2N3O/c1-31-25-5-2-19(17-28)15-24(25)30-12-8-22(9-13-30)29-10-6-18(7-11-29)14-20-16-21(26)3-4-23(20)27/h2-5,15-16,18,22H,6-14H2,1H3. The fourth-order valence-corrected chi connectivity index (χ4v) is 5.01. The fraction of sp³-hybridized carbons (Fsp3) is 0.480. The van der Waals surface area contributed by atoms with Gasteiger partial charge in [0.15, 0.2) is 0 Å². The van der Waals surface area contributed by atoms with Crippen LogP contribution in [0.4, 0.5) is 14.5 Å². The Morgan fingerprint density at radius 3 is 2.42 bits per heavy atom. The number of methoxy groups -OCH3 is 1. The molecule has 0 radical (unpaired) electrons. The number of nitrogens with zero attached hydrogens (tertiary/aromatic N) is 3. The molecule has 2 aliphatic rings. The van der Waals surface area contributed by atoms with E-state index >= 15 is 0 Å². The molecule has 0 aliphatic carbocycles. The van der Waals surface area contributed by atoms with Gasteiger partial charge in [0.25, 0.3) is 0 Å². The molecule has 0 N–H and O–H groups in total. The van der Waals surface area contributed by atoms with Gasteiger partial charge in [0.1, 0.15) is 17.4 Å². The summed E-state index contributed by atoms with van der Waals surface area (Å²) in [6.45, 7) is 3.90. The van der Waals surface area contributed by atoms with E-state index in [0.29, 0.717) is 29.5 Å². The Balaban J connectivity index is 1.30. The number of benzene rings is 2. The monoisotopic (exact) mass is 425 g/mol. The number of piperidine rings is 2. The lowest BCUT2D eigenvalue weighted by atomic mass is 9.88. The summed E-state index contributed by atoms with van der Waals surface area (Å²) in [4.78, 5) is 4.88. The third-order valence-corrected chi connectivity index (χ3v) is 6.79. The number of ether oxygens (including phenoxy) is 1. The van der Waals surface area contributed by atoms with Crippen molar-refractivity contribution >= 4 is 5.69 Å². The lowest BCUT2D eigenvalue weighted by Gasteiger charge is -2.42. The van der Waals surface area contributed by atoms with Crippen molar-refractivity contribution in [2.45, 2.75) is 38.1 Å². The topological polar surface area (TPSA) is 39.5 Å². The molecule has 4 nitrogen and oxygen atoms in total. The summed E-state index contributed by atoms with van der Waals surface area (Å²) in [5.41, 5.74) is 2.14. The Labute approximate surface area is 183 Å². The third kappa shape index (κ3) is 4.99. The molecule has 164 valence electrons. The fourth-order valence-electron chi connectivity index (χ4n) is 5.01. The van der Waals surface area contributed by atoms with Crippen LogP contribution in [-0.2, 0) is 6.42 Å². The minimum Gasteiger partial charge on any atom is -0.495 e. The molecule has 0 unspecified atom stereocenters. The van der Waals surface area contributed by atoms with Gasteiger partial charge >= 0.3 is 0 Å². The van der Waals surface area contributed by atoms with Crippen LogP contribution >= 0.6 is 0 Å². The van der Waals surface area contributed by atoms with Crippen molar-refractivity contribution in [1.29, 1.82) is 5.26 Å². The van der Waals surface area contributed by atoms with E-state index in [1.807, 2.05) is 12.1 Å². The number of anilines is 1. The predicted molar refractivity (Wildman–Crippen MR) is 117 cm³/mol. The van der Waals surface area contributed by atoms with Gasteiger partial charge in [-0.3, -0.25) is 0 Å². The van der Waals surface area contributed by atoms with E-state index in [0.717, 1.165) is 63.3 Å². The molecule has 0 bridgehead atoms. The zero-order valence-corrected chi connectivity index (χ0v) is 18.0. The average molecular weight is 426 g/mol. The minimum absolute atomic E-state index is 0.299. The Kier molecular flexibility index (Phi) is 6.72. The first-order valence-electron chi connectivity index (χ1n) is 11.1. The zero-order valence-electron chi connectivity index (χ0n) is 18.0.